The van der Waals surface area contributed by atoms with Gasteiger partial charge in [0.05, 0.1) is 45.3 Å². The van der Waals surface area contributed by atoms with E-state index in [1.807, 2.05) is 4.90 Å². The molecular formula is C57H83N2O5+. The van der Waals surface area contributed by atoms with Gasteiger partial charge in [-0.25, -0.2) is 0 Å². The Labute approximate surface area is 387 Å². The number of carbonyl (C=O) groups excluding carboxylic acids is 2. The molecule has 11 atom stereocenters. The van der Waals surface area contributed by atoms with Crippen LogP contribution in [0.5, 0.6) is 0 Å². The Morgan fingerprint density at radius 1 is 0.797 bits per heavy atom. The number of rotatable bonds is 8. The van der Waals surface area contributed by atoms with Crippen molar-refractivity contribution < 1.29 is 28.3 Å². The lowest BCUT2D eigenvalue weighted by molar-refractivity contribution is -0.956. The molecule has 350 valence electrons. The third-order valence-corrected chi connectivity index (χ3v) is 18.9. The molecule has 7 aliphatic rings. The summed E-state index contributed by atoms with van der Waals surface area (Å²) in [5, 5.41) is 0. The summed E-state index contributed by atoms with van der Waals surface area (Å²) in [5.74, 6) is 3.22. The van der Waals surface area contributed by atoms with Gasteiger partial charge in [0.15, 0.2) is 5.79 Å². The van der Waals surface area contributed by atoms with Crippen molar-refractivity contribution in [3.63, 3.8) is 0 Å². The maximum Gasteiger partial charge on any atom is 0.306 e. The summed E-state index contributed by atoms with van der Waals surface area (Å²) in [4.78, 5) is 29.1. The van der Waals surface area contributed by atoms with Crippen molar-refractivity contribution in [2.45, 2.75) is 182 Å². The first-order chi connectivity index (χ1) is 30.2. The summed E-state index contributed by atoms with van der Waals surface area (Å²) in [7, 11) is 0. The van der Waals surface area contributed by atoms with Crippen molar-refractivity contribution in [3.8, 4) is 0 Å². The molecule has 0 radical (unpaired) electrons. The van der Waals surface area contributed by atoms with E-state index in [2.05, 4.69) is 124 Å². The third kappa shape index (κ3) is 8.59. The third-order valence-electron chi connectivity index (χ3n) is 18.9. The molecule has 7 heteroatoms. The average Bonchev–Trinajstić information content (AvgIpc) is 3.69. The summed E-state index contributed by atoms with van der Waals surface area (Å²) in [6, 6.07) is 18.4. The Hall–Kier alpha value is -3.00. The van der Waals surface area contributed by atoms with Gasteiger partial charge >= 0.3 is 5.97 Å². The van der Waals surface area contributed by atoms with Gasteiger partial charge in [-0.3, -0.25) is 9.59 Å². The fourth-order valence-electron chi connectivity index (χ4n) is 14.9. The SMILES string of the molecule is C[C@@H]1CC[C@@]2(OC1)O[C@H]1C[C@H]3[C@@H]4CC=C5C[C@@H](OC(=O)CCC(=O)N6CC[N+](Cc7ccc(C(C)(C)C)cc7)(Cc7ccc(C(C)(C)C)cc7)CC6)CC[C@]5(C)[C@H]4CC[C@]3(C)[C@H]1[C@@H]2C. The van der Waals surface area contributed by atoms with Crippen LogP contribution in [0.15, 0.2) is 60.2 Å². The fourth-order valence-corrected chi connectivity index (χ4v) is 14.9. The van der Waals surface area contributed by atoms with Gasteiger partial charge in [0.2, 0.25) is 5.91 Å². The molecule has 0 bridgehead atoms. The number of ether oxygens (including phenoxy) is 3. The monoisotopic (exact) mass is 876 g/mol. The number of fused-ring (bicyclic) bond motifs is 7. The van der Waals surface area contributed by atoms with E-state index in [0.29, 0.717) is 60.1 Å². The molecule has 2 aromatic rings. The van der Waals surface area contributed by atoms with Crippen LogP contribution in [0.25, 0.3) is 0 Å². The van der Waals surface area contributed by atoms with Gasteiger partial charge in [-0.1, -0.05) is 129 Å². The highest BCUT2D eigenvalue weighted by molar-refractivity contribution is 5.81. The largest absolute Gasteiger partial charge is 0.462 e. The maximum atomic E-state index is 13.7. The van der Waals surface area contributed by atoms with Crippen molar-refractivity contribution >= 4 is 11.9 Å². The average molecular weight is 876 g/mol. The lowest BCUT2D eigenvalue weighted by Crippen LogP contribution is -2.59. The second-order valence-corrected chi connectivity index (χ2v) is 25.0. The van der Waals surface area contributed by atoms with Crippen molar-refractivity contribution in [3.05, 3.63) is 82.4 Å². The van der Waals surface area contributed by atoms with Crippen LogP contribution in [0.4, 0.5) is 0 Å². The van der Waals surface area contributed by atoms with Crippen LogP contribution in [0, 0.1) is 46.3 Å². The predicted molar refractivity (Wildman–Crippen MR) is 255 cm³/mol. The van der Waals surface area contributed by atoms with E-state index in [0.717, 1.165) is 69.4 Å². The zero-order valence-corrected chi connectivity index (χ0v) is 41.5. The lowest BCUT2D eigenvalue weighted by Gasteiger charge is -2.58. The zero-order valence-electron chi connectivity index (χ0n) is 41.5. The number of carbonyl (C=O) groups is 2. The normalized spacial score (nSPS) is 37.0. The maximum absolute atomic E-state index is 13.7. The Balaban J connectivity index is 0.780. The summed E-state index contributed by atoms with van der Waals surface area (Å²) < 4.78 is 20.7. The van der Waals surface area contributed by atoms with Gasteiger partial charge < -0.3 is 23.6 Å². The number of hydrogen-bond acceptors (Lipinski definition) is 5. The quantitative estimate of drug-likeness (QED) is 0.150. The van der Waals surface area contributed by atoms with Gasteiger partial charge in [-0.2, -0.15) is 0 Å². The molecule has 7 nitrogen and oxygen atoms in total. The molecule has 0 unspecified atom stereocenters. The molecule has 1 amide bonds. The Morgan fingerprint density at radius 2 is 1.42 bits per heavy atom. The van der Waals surface area contributed by atoms with Gasteiger partial charge in [0.25, 0.3) is 0 Å². The number of benzene rings is 2. The summed E-state index contributed by atoms with van der Waals surface area (Å²) in [6.45, 7) is 29.4. The highest BCUT2D eigenvalue weighted by atomic mass is 16.7. The highest BCUT2D eigenvalue weighted by Gasteiger charge is 2.68. The molecule has 2 aromatic carbocycles. The standard InChI is InChI=1S/C57H83N2O5/c1-38-23-28-57(62-37-38)39(2)52-49(64-57)34-48-46-20-19-44-33-45(24-26-55(44,9)47(46)25-27-56(48,52)10)63-51(61)22-21-50(60)58-29-31-59(32-30-58,35-40-11-15-42(16-12-40)53(3,4)5)36-41-13-17-43(18-14-41)54(6,7)8/h11-19,38-39,45-49,52H,20-37H2,1-10H3/q+1/t38-,39+,45+,46-,47+,48+,49+,52+,55+,56+,57-/m1/s1. The van der Waals surface area contributed by atoms with E-state index in [4.69, 9.17) is 14.2 Å². The number of piperazine rings is 1. The minimum Gasteiger partial charge on any atom is -0.462 e. The van der Waals surface area contributed by atoms with Gasteiger partial charge in [0, 0.05) is 36.3 Å². The smallest absolute Gasteiger partial charge is 0.306 e. The first kappa shape index (κ1) is 46.1. The van der Waals surface area contributed by atoms with Crippen LogP contribution in [0.3, 0.4) is 0 Å². The molecule has 4 aliphatic carbocycles. The molecule has 3 heterocycles. The first-order valence-corrected chi connectivity index (χ1v) is 25.7. The zero-order chi connectivity index (χ0) is 45.5. The van der Waals surface area contributed by atoms with E-state index < -0.39 is 0 Å². The molecule has 3 aliphatic heterocycles. The Kier molecular flexibility index (Phi) is 12.2. The minimum absolute atomic E-state index is 0.0761. The Morgan fingerprint density at radius 3 is 2.00 bits per heavy atom. The molecule has 3 saturated heterocycles. The number of allylic oxidation sites excluding steroid dienone is 1. The molecule has 3 saturated carbocycles. The van der Waals surface area contributed by atoms with E-state index in [1.165, 1.54) is 53.5 Å². The number of amides is 1. The first-order valence-electron chi connectivity index (χ1n) is 25.7. The molecular weight excluding hydrogens is 793 g/mol. The number of esters is 1. The fraction of sp³-hybridized carbons (Fsp3) is 0.719. The van der Waals surface area contributed by atoms with Crippen LogP contribution >= 0.6 is 0 Å². The van der Waals surface area contributed by atoms with E-state index >= 15 is 0 Å². The van der Waals surface area contributed by atoms with Gasteiger partial charge in [-0.05, 0) is 107 Å². The summed E-state index contributed by atoms with van der Waals surface area (Å²) >= 11 is 0. The topological polar surface area (TPSA) is 65.1 Å². The van der Waals surface area contributed by atoms with Crippen molar-refractivity contribution in [2.75, 3.05) is 32.8 Å². The van der Waals surface area contributed by atoms with Crippen LogP contribution in [-0.4, -0.2) is 72.0 Å². The Bertz CT molecular complexity index is 1980. The summed E-state index contributed by atoms with van der Waals surface area (Å²) in [5.41, 5.74) is 7.61. The molecule has 0 aromatic heterocycles. The minimum atomic E-state index is -0.360. The predicted octanol–water partition coefficient (Wildman–Crippen LogP) is 11.7. The molecule has 0 N–H and O–H groups in total. The van der Waals surface area contributed by atoms with E-state index in [1.54, 1.807) is 0 Å². The van der Waals surface area contributed by atoms with Crippen LogP contribution in [0.2, 0.25) is 0 Å². The van der Waals surface area contributed by atoms with Crippen LogP contribution in [0.1, 0.15) is 162 Å². The number of quaternary nitrogens is 1. The van der Waals surface area contributed by atoms with E-state index in [-0.39, 0.29) is 52.9 Å². The van der Waals surface area contributed by atoms with Crippen LogP contribution < -0.4 is 0 Å². The van der Waals surface area contributed by atoms with Gasteiger partial charge in [0.1, 0.15) is 19.2 Å². The molecule has 64 heavy (non-hydrogen) atoms. The lowest BCUT2D eigenvalue weighted by atomic mass is 9.47. The second-order valence-electron chi connectivity index (χ2n) is 25.0. The van der Waals surface area contributed by atoms with Crippen molar-refractivity contribution in [2.24, 2.45) is 46.3 Å². The number of nitrogens with zero attached hydrogens (tertiary/aromatic N) is 2. The summed E-state index contributed by atoms with van der Waals surface area (Å²) in [6.07, 6.45) is 13.1. The highest BCUT2D eigenvalue weighted by Crippen LogP contribution is 2.70. The number of hydrogen-bond donors (Lipinski definition) is 0. The molecule has 1 spiro atoms. The second kappa shape index (κ2) is 17.0. The van der Waals surface area contributed by atoms with Crippen molar-refractivity contribution in [1.82, 2.24) is 4.90 Å². The molecule has 9 rings (SSSR count). The van der Waals surface area contributed by atoms with E-state index in [9.17, 15) is 9.59 Å². The van der Waals surface area contributed by atoms with Crippen molar-refractivity contribution in [1.29, 1.82) is 0 Å². The molecule has 6 fully saturated rings. The van der Waals surface area contributed by atoms with Crippen LogP contribution in [-0.2, 0) is 47.7 Å². The van der Waals surface area contributed by atoms with Gasteiger partial charge in [-0.15, -0.1) is 0 Å².